The van der Waals surface area contributed by atoms with Crippen LogP contribution < -0.4 is 0 Å². The molecule has 1 amide bonds. The van der Waals surface area contributed by atoms with E-state index in [1.54, 1.807) is 17.9 Å². The Balaban J connectivity index is 1.84. The smallest absolute Gasteiger partial charge is 0.292 e. The highest BCUT2D eigenvalue weighted by Gasteiger charge is 2.42. The van der Waals surface area contributed by atoms with Crippen LogP contribution in [-0.2, 0) is 11.3 Å². The molecular weight excluding hydrogens is 308 g/mol. The van der Waals surface area contributed by atoms with E-state index < -0.39 is 5.60 Å². The van der Waals surface area contributed by atoms with Gasteiger partial charge in [0, 0.05) is 25.6 Å². The third kappa shape index (κ3) is 3.49. The van der Waals surface area contributed by atoms with E-state index in [1.807, 2.05) is 37.3 Å². The molecule has 0 bridgehead atoms. The highest BCUT2D eigenvalue weighted by atomic mass is 16.5. The predicted molar refractivity (Wildman–Crippen MR) is 87.4 cm³/mol. The number of ether oxygens (including phenoxy) is 1. The number of aromatic nitrogens is 1. The summed E-state index contributed by atoms with van der Waals surface area (Å²) >= 11 is 0. The van der Waals surface area contributed by atoms with E-state index in [9.17, 15) is 9.90 Å². The van der Waals surface area contributed by atoms with Gasteiger partial charge >= 0.3 is 0 Å². The average Bonchev–Trinajstić information content (AvgIpc) is 3.14. The molecule has 2 heterocycles. The normalized spacial score (nSPS) is 23.4. The fourth-order valence-corrected chi connectivity index (χ4v) is 2.93. The molecule has 1 aliphatic rings. The summed E-state index contributed by atoms with van der Waals surface area (Å²) in [5.41, 5.74) is 0.575. The SMILES string of the molecule is Cc1cc(C(=O)N(Cc2ccccc2)C[C@@]2(O)CCO[C@H]2C)on1. The maximum Gasteiger partial charge on any atom is 0.292 e. The number of carbonyl (C=O) groups is 1. The lowest BCUT2D eigenvalue weighted by atomic mass is 9.95. The molecule has 2 aromatic rings. The first-order valence-corrected chi connectivity index (χ1v) is 8.08. The van der Waals surface area contributed by atoms with Crippen molar-refractivity contribution in [3.63, 3.8) is 0 Å². The molecule has 0 aliphatic carbocycles. The van der Waals surface area contributed by atoms with Crippen molar-refractivity contribution in [1.82, 2.24) is 10.1 Å². The molecule has 1 aromatic heterocycles. The monoisotopic (exact) mass is 330 g/mol. The average molecular weight is 330 g/mol. The summed E-state index contributed by atoms with van der Waals surface area (Å²) in [6.45, 7) is 4.65. The number of nitrogens with zero attached hydrogens (tertiary/aromatic N) is 2. The Morgan fingerprint density at radius 2 is 2.17 bits per heavy atom. The second-order valence-electron chi connectivity index (χ2n) is 6.35. The Morgan fingerprint density at radius 1 is 1.42 bits per heavy atom. The lowest BCUT2D eigenvalue weighted by Crippen LogP contribution is -2.49. The second-order valence-corrected chi connectivity index (χ2v) is 6.35. The Kier molecular flexibility index (Phi) is 4.69. The van der Waals surface area contributed by atoms with Gasteiger partial charge in [0.15, 0.2) is 0 Å². The van der Waals surface area contributed by atoms with Crippen LogP contribution in [0.25, 0.3) is 0 Å². The number of hydrogen-bond acceptors (Lipinski definition) is 5. The zero-order chi connectivity index (χ0) is 17.2. The number of rotatable bonds is 5. The lowest BCUT2D eigenvalue weighted by molar-refractivity contribution is -0.0462. The number of aliphatic hydroxyl groups is 1. The van der Waals surface area contributed by atoms with E-state index in [0.29, 0.717) is 25.3 Å². The van der Waals surface area contributed by atoms with Crippen molar-refractivity contribution >= 4 is 5.91 Å². The Labute approximate surface area is 141 Å². The molecule has 6 nitrogen and oxygen atoms in total. The molecule has 1 fully saturated rings. The molecule has 128 valence electrons. The summed E-state index contributed by atoms with van der Waals surface area (Å²) in [6.07, 6.45) is 0.183. The third-order valence-electron chi connectivity index (χ3n) is 4.47. The topological polar surface area (TPSA) is 75.8 Å². The molecule has 0 unspecified atom stereocenters. The summed E-state index contributed by atoms with van der Waals surface area (Å²) in [4.78, 5) is 14.4. The van der Waals surface area contributed by atoms with E-state index in [0.717, 1.165) is 5.56 Å². The van der Waals surface area contributed by atoms with Crippen molar-refractivity contribution in [2.75, 3.05) is 13.2 Å². The third-order valence-corrected chi connectivity index (χ3v) is 4.47. The quantitative estimate of drug-likeness (QED) is 0.909. The first-order chi connectivity index (χ1) is 11.5. The maximum atomic E-state index is 12.8. The van der Waals surface area contributed by atoms with Gasteiger partial charge in [-0.3, -0.25) is 4.79 Å². The highest BCUT2D eigenvalue weighted by Crippen LogP contribution is 2.28. The maximum absolute atomic E-state index is 12.8. The van der Waals surface area contributed by atoms with Gasteiger partial charge < -0.3 is 19.3 Å². The standard InChI is InChI=1S/C18H22N2O4/c1-13-10-16(24-19-13)17(21)20(11-15-6-4-3-5-7-15)12-18(22)8-9-23-14(18)2/h3-7,10,14,22H,8-9,11-12H2,1-2H3/t14-,18-/m0/s1. The molecule has 0 spiro atoms. The van der Waals surface area contributed by atoms with Gasteiger partial charge in [0.05, 0.1) is 18.3 Å². The van der Waals surface area contributed by atoms with Crippen LogP contribution in [0.15, 0.2) is 40.9 Å². The Morgan fingerprint density at radius 3 is 2.75 bits per heavy atom. The van der Waals surface area contributed by atoms with Gasteiger partial charge in [-0.25, -0.2) is 0 Å². The summed E-state index contributed by atoms with van der Waals surface area (Å²) in [5, 5.41) is 14.6. The minimum absolute atomic E-state index is 0.179. The molecule has 3 rings (SSSR count). The van der Waals surface area contributed by atoms with Crippen LogP contribution in [0.2, 0.25) is 0 Å². The van der Waals surface area contributed by atoms with Gasteiger partial charge in [0.2, 0.25) is 5.76 Å². The van der Waals surface area contributed by atoms with E-state index in [-0.39, 0.29) is 24.3 Å². The summed E-state index contributed by atoms with van der Waals surface area (Å²) < 4.78 is 10.6. The van der Waals surface area contributed by atoms with Gasteiger partial charge in [-0.15, -0.1) is 0 Å². The summed E-state index contributed by atoms with van der Waals surface area (Å²) in [5.74, 6) is -0.106. The number of amides is 1. The molecule has 24 heavy (non-hydrogen) atoms. The molecule has 1 saturated heterocycles. The zero-order valence-electron chi connectivity index (χ0n) is 13.9. The van der Waals surface area contributed by atoms with Gasteiger partial charge in [0.1, 0.15) is 5.60 Å². The lowest BCUT2D eigenvalue weighted by Gasteiger charge is -2.33. The minimum atomic E-state index is -1.06. The molecular formula is C18H22N2O4. The molecule has 0 saturated carbocycles. The van der Waals surface area contributed by atoms with E-state index >= 15 is 0 Å². The van der Waals surface area contributed by atoms with Gasteiger partial charge in [0.25, 0.3) is 5.91 Å². The number of carbonyl (C=O) groups excluding carboxylic acids is 1. The van der Waals surface area contributed by atoms with Crippen molar-refractivity contribution in [3.8, 4) is 0 Å². The van der Waals surface area contributed by atoms with Crippen molar-refractivity contribution < 1.29 is 19.2 Å². The fourth-order valence-electron chi connectivity index (χ4n) is 2.93. The number of benzene rings is 1. The Bertz CT molecular complexity index is 700. The van der Waals surface area contributed by atoms with E-state index in [4.69, 9.17) is 9.26 Å². The van der Waals surface area contributed by atoms with Gasteiger partial charge in [-0.2, -0.15) is 0 Å². The van der Waals surface area contributed by atoms with Crippen molar-refractivity contribution in [2.24, 2.45) is 0 Å². The molecule has 1 aromatic carbocycles. The first kappa shape index (κ1) is 16.7. The fraction of sp³-hybridized carbons (Fsp3) is 0.444. The molecule has 0 radical (unpaired) electrons. The van der Waals surface area contributed by atoms with Crippen LogP contribution in [0.5, 0.6) is 0 Å². The van der Waals surface area contributed by atoms with Crippen molar-refractivity contribution in [3.05, 3.63) is 53.4 Å². The number of aryl methyl sites for hydroxylation is 1. The summed E-state index contributed by atoms with van der Waals surface area (Å²) in [6, 6.07) is 11.3. The molecule has 6 heteroatoms. The van der Waals surface area contributed by atoms with Gasteiger partial charge in [-0.1, -0.05) is 35.5 Å². The molecule has 1 N–H and O–H groups in total. The van der Waals surface area contributed by atoms with Gasteiger partial charge in [-0.05, 0) is 19.4 Å². The predicted octanol–water partition coefficient (Wildman–Crippen LogP) is 2.17. The van der Waals surface area contributed by atoms with Crippen molar-refractivity contribution in [1.29, 1.82) is 0 Å². The largest absolute Gasteiger partial charge is 0.385 e. The zero-order valence-corrected chi connectivity index (χ0v) is 13.9. The van der Waals surface area contributed by atoms with Crippen LogP contribution in [0.4, 0.5) is 0 Å². The minimum Gasteiger partial charge on any atom is -0.385 e. The van der Waals surface area contributed by atoms with Crippen LogP contribution in [0.1, 0.15) is 35.2 Å². The van der Waals surface area contributed by atoms with E-state index in [1.165, 1.54) is 0 Å². The van der Waals surface area contributed by atoms with Crippen LogP contribution in [0.3, 0.4) is 0 Å². The molecule has 2 atom stereocenters. The van der Waals surface area contributed by atoms with Crippen LogP contribution >= 0.6 is 0 Å². The first-order valence-electron chi connectivity index (χ1n) is 8.08. The second kappa shape index (κ2) is 6.75. The van der Waals surface area contributed by atoms with E-state index in [2.05, 4.69) is 5.16 Å². The van der Waals surface area contributed by atoms with Crippen LogP contribution in [0, 0.1) is 6.92 Å². The summed E-state index contributed by atoms with van der Waals surface area (Å²) in [7, 11) is 0. The number of hydrogen-bond donors (Lipinski definition) is 1. The van der Waals surface area contributed by atoms with Crippen LogP contribution in [-0.4, -0.2) is 45.9 Å². The highest BCUT2D eigenvalue weighted by molar-refractivity contribution is 5.91. The Hall–Kier alpha value is -2.18. The van der Waals surface area contributed by atoms with Crippen molar-refractivity contribution in [2.45, 2.75) is 38.5 Å². The molecule has 1 aliphatic heterocycles.